The minimum atomic E-state index is 0.692. The molecule has 1 aromatic carbocycles. The number of H-pyrrole nitrogens is 2. The summed E-state index contributed by atoms with van der Waals surface area (Å²) in [6.07, 6.45) is 7.37. The SMILES string of the molecule is CCc1c(-c2cn[nH]c2)[nH]c2ccc(C3CCNCC3)c(C)c12. The van der Waals surface area contributed by atoms with Gasteiger partial charge in [-0.3, -0.25) is 5.10 Å². The molecule has 0 amide bonds. The van der Waals surface area contributed by atoms with E-state index in [1.807, 2.05) is 12.4 Å². The quantitative estimate of drug-likeness (QED) is 0.687. The molecule has 0 saturated carbocycles. The number of nitrogens with one attached hydrogen (secondary N) is 3. The highest BCUT2D eigenvalue weighted by Gasteiger charge is 2.21. The van der Waals surface area contributed by atoms with Gasteiger partial charge in [0.2, 0.25) is 0 Å². The van der Waals surface area contributed by atoms with Crippen molar-refractivity contribution in [1.82, 2.24) is 20.5 Å². The minimum Gasteiger partial charge on any atom is -0.354 e. The van der Waals surface area contributed by atoms with Crippen molar-refractivity contribution in [2.45, 2.75) is 39.0 Å². The normalized spacial score (nSPS) is 16.3. The molecule has 3 heterocycles. The zero-order valence-electron chi connectivity index (χ0n) is 13.9. The number of aryl methyl sites for hydroxylation is 2. The van der Waals surface area contributed by atoms with E-state index in [1.165, 1.54) is 46.1 Å². The highest BCUT2D eigenvalue weighted by molar-refractivity contribution is 5.93. The Balaban J connectivity index is 1.88. The third-order valence-corrected chi connectivity index (χ3v) is 5.29. The molecule has 1 fully saturated rings. The summed E-state index contributed by atoms with van der Waals surface area (Å²) >= 11 is 0. The molecular formula is C19H24N4. The summed E-state index contributed by atoms with van der Waals surface area (Å²) in [4.78, 5) is 3.62. The molecule has 4 heteroatoms. The van der Waals surface area contributed by atoms with Crippen LogP contribution >= 0.6 is 0 Å². The maximum absolute atomic E-state index is 4.11. The van der Waals surface area contributed by atoms with Crippen molar-refractivity contribution in [3.63, 3.8) is 0 Å². The molecule has 120 valence electrons. The summed E-state index contributed by atoms with van der Waals surface area (Å²) < 4.78 is 0. The Labute approximate surface area is 136 Å². The molecule has 0 aliphatic carbocycles. The Bertz CT molecular complexity index is 808. The van der Waals surface area contributed by atoms with E-state index in [2.05, 4.69) is 46.5 Å². The van der Waals surface area contributed by atoms with Gasteiger partial charge in [-0.05, 0) is 68.0 Å². The Hall–Kier alpha value is -2.07. The van der Waals surface area contributed by atoms with Crippen molar-refractivity contribution in [2.24, 2.45) is 0 Å². The number of hydrogen-bond acceptors (Lipinski definition) is 2. The number of benzene rings is 1. The molecule has 0 unspecified atom stereocenters. The van der Waals surface area contributed by atoms with E-state index in [-0.39, 0.29) is 0 Å². The lowest BCUT2D eigenvalue weighted by atomic mass is 9.85. The number of aromatic amines is 2. The third kappa shape index (κ3) is 2.38. The zero-order valence-corrected chi connectivity index (χ0v) is 13.9. The Kier molecular flexibility index (Phi) is 3.69. The average molecular weight is 308 g/mol. The fourth-order valence-corrected chi connectivity index (χ4v) is 4.12. The van der Waals surface area contributed by atoms with Crippen LogP contribution in [0.3, 0.4) is 0 Å². The van der Waals surface area contributed by atoms with Gasteiger partial charge in [-0.2, -0.15) is 5.10 Å². The van der Waals surface area contributed by atoms with Gasteiger partial charge in [0.05, 0.1) is 11.9 Å². The number of nitrogens with zero attached hydrogens (tertiary/aromatic N) is 1. The first-order chi connectivity index (χ1) is 11.3. The lowest BCUT2D eigenvalue weighted by Gasteiger charge is -2.25. The van der Waals surface area contributed by atoms with E-state index in [1.54, 1.807) is 0 Å². The van der Waals surface area contributed by atoms with Crippen molar-refractivity contribution in [3.8, 4) is 11.3 Å². The first-order valence-electron chi connectivity index (χ1n) is 8.63. The number of piperidine rings is 1. The first kappa shape index (κ1) is 14.5. The first-order valence-corrected chi connectivity index (χ1v) is 8.63. The van der Waals surface area contributed by atoms with Crippen LogP contribution in [0.15, 0.2) is 24.5 Å². The number of aromatic nitrogens is 3. The summed E-state index contributed by atoms with van der Waals surface area (Å²) in [5.41, 5.74) is 7.99. The van der Waals surface area contributed by atoms with Crippen molar-refractivity contribution in [1.29, 1.82) is 0 Å². The van der Waals surface area contributed by atoms with Crippen molar-refractivity contribution >= 4 is 10.9 Å². The van der Waals surface area contributed by atoms with E-state index in [0.717, 1.165) is 25.1 Å². The lowest BCUT2D eigenvalue weighted by molar-refractivity contribution is 0.459. The van der Waals surface area contributed by atoms with Crippen LogP contribution < -0.4 is 5.32 Å². The second-order valence-corrected chi connectivity index (χ2v) is 6.55. The molecule has 23 heavy (non-hydrogen) atoms. The molecule has 1 saturated heterocycles. The van der Waals surface area contributed by atoms with E-state index in [9.17, 15) is 0 Å². The fourth-order valence-electron chi connectivity index (χ4n) is 4.12. The monoisotopic (exact) mass is 308 g/mol. The largest absolute Gasteiger partial charge is 0.354 e. The summed E-state index contributed by atoms with van der Waals surface area (Å²) in [7, 11) is 0. The summed E-state index contributed by atoms with van der Waals surface area (Å²) in [6.45, 7) is 6.81. The summed E-state index contributed by atoms with van der Waals surface area (Å²) in [6, 6.07) is 4.60. The average Bonchev–Trinajstić information content (AvgIpc) is 3.23. The Morgan fingerprint density at radius 3 is 2.74 bits per heavy atom. The van der Waals surface area contributed by atoms with Crippen LogP contribution in [-0.2, 0) is 6.42 Å². The van der Waals surface area contributed by atoms with E-state index >= 15 is 0 Å². The zero-order chi connectivity index (χ0) is 15.8. The predicted molar refractivity (Wildman–Crippen MR) is 94.8 cm³/mol. The smallest absolute Gasteiger partial charge is 0.0580 e. The second-order valence-electron chi connectivity index (χ2n) is 6.55. The molecule has 4 rings (SSSR count). The molecule has 3 N–H and O–H groups in total. The van der Waals surface area contributed by atoms with Crippen LogP contribution in [0.4, 0.5) is 0 Å². The van der Waals surface area contributed by atoms with Crippen LogP contribution in [0.2, 0.25) is 0 Å². The minimum absolute atomic E-state index is 0.692. The molecule has 4 nitrogen and oxygen atoms in total. The topological polar surface area (TPSA) is 56.5 Å². The van der Waals surface area contributed by atoms with Gasteiger partial charge in [-0.1, -0.05) is 13.0 Å². The van der Waals surface area contributed by atoms with Gasteiger partial charge in [0.1, 0.15) is 0 Å². The van der Waals surface area contributed by atoms with Crippen molar-refractivity contribution < 1.29 is 0 Å². The molecule has 1 aliphatic rings. The molecule has 2 aromatic heterocycles. The van der Waals surface area contributed by atoms with Gasteiger partial charge in [0, 0.05) is 22.7 Å². The third-order valence-electron chi connectivity index (χ3n) is 5.29. The summed E-state index contributed by atoms with van der Waals surface area (Å²) in [5.74, 6) is 0.692. The molecule has 1 aliphatic heterocycles. The standard InChI is InChI=1S/C19H24N4/c1-3-15-18-12(2)16(13-6-8-20-9-7-13)4-5-17(18)23-19(15)14-10-21-22-11-14/h4-5,10-11,13,20,23H,3,6-9H2,1-2H3,(H,21,22). The molecule has 0 radical (unpaired) electrons. The van der Waals surface area contributed by atoms with Gasteiger partial charge in [-0.15, -0.1) is 0 Å². The van der Waals surface area contributed by atoms with E-state index in [0.29, 0.717) is 5.92 Å². The molecular weight excluding hydrogens is 284 g/mol. The Morgan fingerprint density at radius 1 is 1.22 bits per heavy atom. The van der Waals surface area contributed by atoms with E-state index in [4.69, 9.17) is 0 Å². The van der Waals surface area contributed by atoms with Crippen molar-refractivity contribution in [2.75, 3.05) is 13.1 Å². The predicted octanol–water partition coefficient (Wildman–Crippen LogP) is 3.90. The summed E-state index contributed by atoms with van der Waals surface area (Å²) in [5, 5.41) is 11.9. The highest BCUT2D eigenvalue weighted by atomic mass is 15.1. The van der Waals surface area contributed by atoms with Gasteiger partial charge in [0.15, 0.2) is 0 Å². The van der Waals surface area contributed by atoms with Gasteiger partial charge in [-0.25, -0.2) is 0 Å². The van der Waals surface area contributed by atoms with Crippen LogP contribution in [0.1, 0.15) is 42.4 Å². The second kappa shape index (κ2) is 5.85. The molecule has 0 spiro atoms. The Morgan fingerprint density at radius 2 is 2.04 bits per heavy atom. The maximum Gasteiger partial charge on any atom is 0.0580 e. The highest BCUT2D eigenvalue weighted by Crippen LogP contribution is 2.37. The lowest BCUT2D eigenvalue weighted by Crippen LogP contribution is -2.26. The van der Waals surface area contributed by atoms with E-state index < -0.39 is 0 Å². The molecule has 0 bridgehead atoms. The number of hydrogen-bond donors (Lipinski definition) is 3. The van der Waals surface area contributed by atoms with Crippen LogP contribution in [0, 0.1) is 6.92 Å². The van der Waals surface area contributed by atoms with Gasteiger partial charge < -0.3 is 10.3 Å². The molecule has 3 aromatic rings. The van der Waals surface area contributed by atoms with Gasteiger partial charge >= 0.3 is 0 Å². The number of rotatable bonds is 3. The molecule has 0 atom stereocenters. The van der Waals surface area contributed by atoms with Gasteiger partial charge in [0.25, 0.3) is 0 Å². The number of fused-ring (bicyclic) bond motifs is 1. The van der Waals surface area contributed by atoms with Crippen LogP contribution in [0.5, 0.6) is 0 Å². The maximum atomic E-state index is 4.11. The van der Waals surface area contributed by atoms with Crippen LogP contribution in [0.25, 0.3) is 22.2 Å². The fraction of sp³-hybridized carbons (Fsp3) is 0.421. The van der Waals surface area contributed by atoms with Crippen LogP contribution in [-0.4, -0.2) is 28.3 Å². The van der Waals surface area contributed by atoms with Crippen molar-refractivity contribution in [3.05, 3.63) is 41.2 Å².